The van der Waals surface area contributed by atoms with Crippen LogP contribution in [-0.2, 0) is 4.74 Å². The first-order valence-electron chi connectivity index (χ1n) is 9.04. The molecule has 0 saturated carbocycles. The molecule has 28 heavy (non-hydrogen) atoms. The van der Waals surface area contributed by atoms with Crippen molar-refractivity contribution in [2.24, 2.45) is 0 Å². The molecule has 0 amide bonds. The predicted octanol–water partition coefficient (Wildman–Crippen LogP) is 4.35. The molecule has 2 aliphatic heterocycles. The van der Waals surface area contributed by atoms with Gasteiger partial charge >= 0.3 is 0 Å². The van der Waals surface area contributed by atoms with Gasteiger partial charge in [-0.15, -0.1) is 0 Å². The number of ether oxygens (including phenoxy) is 5. The van der Waals surface area contributed by atoms with Crippen LogP contribution in [-0.4, -0.2) is 35.2 Å². The summed E-state index contributed by atoms with van der Waals surface area (Å²) in [7, 11) is 7.05. The maximum Gasteiger partial charge on any atom is 0.231 e. The average molecular weight is 379 g/mol. The summed E-state index contributed by atoms with van der Waals surface area (Å²) in [6.45, 7) is 0.243. The number of hydrogen-bond acceptors (Lipinski definition) is 6. The first-order chi connectivity index (χ1) is 13.7. The molecule has 3 aromatic rings. The van der Waals surface area contributed by atoms with Crippen LogP contribution in [0.15, 0.2) is 36.4 Å². The molecule has 0 spiro atoms. The number of benzene rings is 3. The van der Waals surface area contributed by atoms with Gasteiger partial charge in [-0.3, -0.25) is 0 Å². The lowest BCUT2D eigenvalue weighted by Gasteiger charge is -2.37. The summed E-state index contributed by atoms with van der Waals surface area (Å²) in [6, 6.07) is 12.3. The minimum absolute atomic E-state index is 0.240. The number of rotatable bonds is 3. The van der Waals surface area contributed by atoms with Crippen LogP contribution in [0.25, 0.3) is 21.9 Å². The van der Waals surface area contributed by atoms with E-state index < -0.39 is 0 Å². The molecule has 144 valence electrons. The summed E-state index contributed by atoms with van der Waals surface area (Å²) in [5.41, 5.74) is 4.34. The van der Waals surface area contributed by atoms with Gasteiger partial charge in [-0.25, -0.2) is 0 Å². The average Bonchev–Trinajstić information content (AvgIpc) is 3.18. The summed E-state index contributed by atoms with van der Waals surface area (Å²) in [5.74, 6) is 2.92. The molecule has 1 atom stereocenters. The summed E-state index contributed by atoms with van der Waals surface area (Å²) in [5, 5.41) is 2.14. The monoisotopic (exact) mass is 379 g/mol. The van der Waals surface area contributed by atoms with Gasteiger partial charge < -0.3 is 28.6 Å². The lowest BCUT2D eigenvalue weighted by atomic mass is 9.89. The molecule has 0 aromatic heterocycles. The first kappa shape index (κ1) is 17.0. The Morgan fingerprint density at radius 1 is 0.893 bits per heavy atom. The van der Waals surface area contributed by atoms with Crippen molar-refractivity contribution >= 4 is 16.5 Å². The molecule has 2 heterocycles. The van der Waals surface area contributed by atoms with E-state index in [1.165, 1.54) is 0 Å². The lowest BCUT2D eigenvalue weighted by molar-refractivity contribution is 0.103. The van der Waals surface area contributed by atoms with Crippen LogP contribution in [0.1, 0.15) is 11.8 Å². The van der Waals surface area contributed by atoms with Gasteiger partial charge in [-0.2, -0.15) is 0 Å². The number of hydrogen-bond donors (Lipinski definition) is 0. The van der Waals surface area contributed by atoms with Crippen LogP contribution < -0.4 is 23.8 Å². The van der Waals surface area contributed by atoms with E-state index >= 15 is 0 Å². The van der Waals surface area contributed by atoms with Crippen LogP contribution in [0.2, 0.25) is 0 Å². The quantitative estimate of drug-likeness (QED) is 0.674. The Hall–Kier alpha value is -3.12. The third-order valence-electron chi connectivity index (χ3n) is 5.52. The highest BCUT2D eigenvalue weighted by Crippen LogP contribution is 2.52. The Labute approximate surface area is 163 Å². The highest BCUT2D eigenvalue weighted by atomic mass is 16.7. The van der Waals surface area contributed by atoms with Gasteiger partial charge in [0.15, 0.2) is 29.2 Å². The topological polar surface area (TPSA) is 49.4 Å². The second-order valence-corrected chi connectivity index (χ2v) is 6.88. The Morgan fingerprint density at radius 3 is 2.32 bits per heavy atom. The van der Waals surface area contributed by atoms with Gasteiger partial charge in [0.1, 0.15) is 0 Å². The van der Waals surface area contributed by atoms with Crippen molar-refractivity contribution in [3.05, 3.63) is 42.0 Å². The van der Waals surface area contributed by atoms with E-state index in [0.717, 1.165) is 44.6 Å². The van der Waals surface area contributed by atoms with E-state index in [9.17, 15) is 0 Å². The van der Waals surface area contributed by atoms with Gasteiger partial charge in [0.05, 0.1) is 19.9 Å². The number of fused-ring (bicyclic) bond motifs is 6. The van der Waals surface area contributed by atoms with E-state index in [4.69, 9.17) is 23.7 Å². The molecule has 0 radical (unpaired) electrons. The maximum atomic E-state index is 5.87. The third-order valence-corrected chi connectivity index (χ3v) is 5.52. The van der Waals surface area contributed by atoms with Gasteiger partial charge in [0.25, 0.3) is 0 Å². The summed E-state index contributed by atoms with van der Waals surface area (Å²) in [4.78, 5) is 2.15. The smallest absolute Gasteiger partial charge is 0.231 e. The minimum atomic E-state index is -0.240. The van der Waals surface area contributed by atoms with E-state index in [1.54, 1.807) is 21.3 Å². The van der Waals surface area contributed by atoms with E-state index in [0.29, 0.717) is 11.5 Å². The van der Waals surface area contributed by atoms with E-state index in [1.807, 2.05) is 31.3 Å². The predicted molar refractivity (Wildman–Crippen MR) is 107 cm³/mol. The Morgan fingerprint density at radius 2 is 1.61 bits per heavy atom. The fourth-order valence-electron chi connectivity index (χ4n) is 4.24. The van der Waals surface area contributed by atoms with Crippen molar-refractivity contribution in [1.29, 1.82) is 0 Å². The van der Waals surface area contributed by atoms with Crippen molar-refractivity contribution < 1.29 is 23.7 Å². The Bertz CT molecular complexity index is 1090. The summed E-state index contributed by atoms with van der Waals surface area (Å²) >= 11 is 0. The zero-order chi connectivity index (χ0) is 19.4. The molecule has 5 rings (SSSR count). The normalized spacial score (nSPS) is 16.7. The van der Waals surface area contributed by atoms with Crippen molar-refractivity contribution in [3.8, 4) is 34.1 Å². The molecule has 0 saturated heterocycles. The van der Waals surface area contributed by atoms with Crippen molar-refractivity contribution in [2.45, 2.75) is 6.23 Å². The van der Waals surface area contributed by atoms with Gasteiger partial charge in [-0.05, 0) is 35.2 Å². The summed E-state index contributed by atoms with van der Waals surface area (Å²) in [6.07, 6.45) is -0.240. The Kier molecular flexibility index (Phi) is 3.77. The van der Waals surface area contributed by atoms with E-state index in [2.05, 4.69) is 17.0 Å². The van der Waals surface area contributed by atoms with Crippen molar-refractivity contribution in [2.75, 3.05) is 40.1 Å². The number of nitrogens with zero attached hydrogens (tertiary/aromatic N) is 1. The first-order valence-corrected chi connectivity index (χ1v) is 9.04. The highest BCUT2D eigenvalue weighted by Gasteiger charge is 2.33. The molecular formula is C22H21NO5. The van der Waals surface area contributed by atoms with Crippen LogP contribution in [0.3, 0.4) is 0 Å². The second-order valence-electron chi connectivity index (χ2n) is 6.88. The molecule has 0 N–H and O–H groups in total. The molecular weight excluding hydrogens is 358 g/mol. The zero-order valence-electron chi connectivity index (χ0n) is 16.2. The molecule has 0 unspecified atom stereocenters. The molecule has 0 aliphatic carbocycles. The lowest BCUT2D eigenvalue weighted by Crippen LogP contribution is -2.29. The van der Waals surface area contributed by atoms with Gasteiger partial charge in [-0.1, -0.05) is 12.1 Å². The molecule has 0 bridgehead atoms. The highest BCUT2D eigenvalue weighted by molar-refractivity contribution is 6.05. The van der Waals surface area contributed by atoms with Crippen LogP contribution in [0, 0.1) is 0 Å². The third kappa shape index (κ3) is 2.24. The minimum Gasteiger partial charge on any atom is -0.493 e. The van der Waals surface area contributed by atoms with Gasteiger partial charge in [0.2, 0.25) is 6.79 Å². The molecule has 2 aliphatic rings. The second kappa shape index (κ2) is 6.21. The fourth-order valence-corrected chi connectivity index (χ4v) is 4.24. The van der Waals surface area contributed by atoms with Crippen LogP contribution >= 0.6 is 0 Å². The SMILES string of the molecule is COc1cc2ccc3c(c2cc1OC)N(C)[C@H](OC)c1cc2c(cc1-3)OCO2. The van der Waals surface area contributed by atoms with E-state index in [-0.39, 0.29) is 13.0 Å². The molecule has 6 nitrogen and oxygen atoms in total. The van der Waals surface area contributed by atoms with Crippen LogP contribution in [0.5, 0.6) is 23.0 Å². The standard InChI is InChI=1S/C22H21NO5/c1-23-21-13(6-5-12-7-17(24-2)18(25-3)8-14(12)21)15-9-19-20(28-11-27-19)10-16(15)22(23)26-4/h5-10,22H,11H2,1-4H3/t22-/m1/s1. The van der Waals surface area contributed by atoms with Gasteiger partial charge in [0, 0.05) is 30.7 Å². The maximum absolute atomic E-state index is 5.87. The van der Waals surface area contributed by atoms with Crippen molar-refractivity contribution in [3.63, 3.8) is 0 Å². The Balaban J connectivity index is 1.83. The number of methoxy groups -OCH3 is 3. The molecule has 0 fully saturated rings. The van der Waals surface area contributed by atoms with Crippen LogP contribution in [0.4, 0.5) is 5.69 Å². The summed E-state index contributed by atoms with van der Waals surface area (Å²) < 4.78 is 28.1. The zero-order valence-corrected chi connectivity index (χ0v) is 16.2. The fraction of sp³-hybridized carbons (Fsp3) is 0.273. The molecule has 3 aromatic carbocycles. The number of anilines is 1. The largest absolute Gasteiger partial charge is 0.493 e. The van der Waals surface area contributed by atoms with Crippen molar-refractivity contribution in [1.82, 2.24) is 0 Å². The molecule has 6 heteroatoms.